The van der Waals surface area contributed by atoms with Crippen molar-refractivity contribution in [3.05, 3.63) is 155 Å². The number of nitrogens with zero attached hydrogens (tertiary/aromatic N) is 1. The molecule has 1 heterocycles. The summed E-state index contributed by atoms with van der Waals surface area (Å²) in [5.74, 6) is 0.554. The quantitative estimate of drug-likeness (QED) is 0.248. The van der Waals surface area contributed by atoms with E-state index in [9.17, 15) is 0 Å². The van der Waals surface area contributed by atoms with Crippen molar-refractivity contribution < 1.29 is 0 Å². The fourth-order valence-electron chi connectivity index (χ4n) is 8.57. The molecular weight excluding hydrogens is 559 g/mol. The summed E-state index contributed by atoms with van der Waals surface area (Å²) in [7, 11) is -2.48. The molecule has 3 aromatic rings. The molecule has 8 rings (SSSR count). The highest BCUT2D eigenvalue weighted by Gasteiger charge is 2.48. The minimum atomic E-state index is -2.48. The minimum absolute atomic E-state index is 0.437. The highest BCUT2D eigenvalue weighted by atomic mass is 28.3. The Labute approximate surface area is 269 Å². The zero-order valence-corrected chi connectivity index (χ0v) is 27.5. The van der Waals surface area contributed by atoms with Crippen molar-refractivity contribution in [2.24, 2.45) is 5.92 Å². The summed E-state index contributed by atoms with van der Waals surface area (Å²) in [6.45, 7) is 2.40. The van der Waals surface area contributed by atoms with Crippen molar-refractivity contribution in [3.8, 4) is 0 Å². The van der Waals surface area contributed by atoms with Crippen molar-refractivity contribution >= 4 is 41.5 Å². The lowest BCUT2D eigenvalue weighted by Crippen LogP contribution is -2.56. The predicted molar refractivity (Wildman–Crippen MR) is 197 cm³/mol. The van der Waals surface area contributed by atoms with Gasteiger partial charge in [-0.15, -0.1) is 0 Å². The van der Waals surface area contributed by atoms with Gasteiger partial charge in [0.25, 0.3) is 0 Å². The molecule has 0 spiro atoms. The first kappa shape index (κ1) is 28.3. The molecule has 0 amide bonds. The van der Waals surface area contributed by atoms with Crippen molar-refractivity contribution in [1.82, 2.24) is 4.57 Å². The maximum absolute atomic E-state index is 2.66. The summed E-state index contributed by atoms with van der Waals surface area (Å²) in [6.07, 6.45) is 43.2. The third-order valence-electron chi connectivity index (χ3n) is 10.6. The van der Waals surface area contributed by atoms with Crippen LogP contribution in [0.25, 0.3) is 28.2 Å². The molecule has 45 heavy (non-hydrogen) atoms. The monoisotopic (exact) mass is 601 g/mol. The highest BCUT2D eigenvalue weighted by molar-refractivity contribution is 7.05. The van der Waals surface area contributed by atoms with Crippen LogP contribution in [-0.4, -0.2) is 12.6 Å². The van der Waals surface area contributed by atoms with Crippen LogP contribution < -0.4 is 5.19 Å². The molecule has 224 valence electrons. The van der Waals surface area contributed by atoms with E-state index in [1.165, 1.54) is 39.0 Å². The fourth-order valence-corrected chi connectivity index (χ4v) is 14.4. The molecule has 1 aromatic heterocycles. The number of hydrogen-bond donors (Lipinski definition) is 0. The Morgan fingerprint density at radius 3 is 2.44 bits per heavy atom. The summed E-state index contributed by atoms with van der Waals surface area (Å²) >= 11 is 0. The van der Waals surface area contributed by atoms with Crippen LogP contribution in [0.15, 0.2) is 138 Å². The largest absolute Gasteiger partial charge is 0.313 e. The Balaban J connectivity index is 1.40. The van der Waals surface area contributed by atoms with Gasteiger partial charge in [0.05, 0.1) is 5.52 Å². The van der Waals surface area contributed by atoms with Crippen molar-refractivity contribution in [3.63, 3.8) is 0 Å². The summed E-state index contributed by atoms with van der Waals surface area (Å²) in [5, 5.41) is 6.28. The molecular formula is C43H43NSi. The van der Waals surface area contributed by atoms with Crippen LogP contribution in [0.2, 0.25) is 5.54 Å². The first-order chi connectivity index (χ1) is 22.2. The average Bonchev–Trinajstić information content (AvgIpc) is 3.44. The first-order valence-electron chi connectivity index (χ1n) is 17.1. The zero-order chi connectivity index (χ0) is 30.2. The topological polar surface area (TPSA) is 4.93 Å². The molecule has 0 fully saturated rings. The van der Waals surface area contributed by atoms with E-state index in [4.69, 9.17) is 0 Å². The minimum Gasteiger partial charge on any atom is -0.313 e. The van der Waals surface area contributed by atoms with Gasteiger partial charge in [-0.2, -0.15) is 0 Å². The lowest BCUT2D eigenvalue weighted by molar-refractivity contribution is 0.732. The van der Waals surface area contributed by atoms with E-state index in [-0.39, 0.29) is 0 Å². The Morgan fingerprint density at radius 2 is 1.62 bits per heavy atom. The number of aromatic nitrogens is 1. The van der Waals surface area contributed by atoms with Crippen molar-refractivity contribution in [1.29, 1.82) is 0 Å². The van der Waals surface area contributed by atoms with Gasteiger partial charge in [0, 0.05) is 22.3 Å². The van der Waals surface area contributed by atoms with E-state index in [1.807, 2.05) is 0 Å². The molecule has 0 radical (unpaired) electrons. The zero-order valence-electron chi connectivity index (χ0n) is 26.5. The van der Waals surface area contributed by atoms with Crippen LogP contribution in [0, 0.1) is 5.92 Å². The molecule has 2 heteroatoms. The second-order valence-electron chi connectivity index (χ2n) is 13.4. The van der Waals surface area contributed by atoms with E-state index in [2.05, 4.69) is 145 Å². The highest BCUT2D eigenvalue weighted by Crippen LogP contribution is 2.47. The molecule has 3 atom stereocenters. The summed E-state index contributed by atoms with van der Waals surface area (Å²) in [4.78, 5) is 0. The molecule has 2 aromatic carbocycles. The smallest absolute Gasteiger partial charge is 0.151 e. The lowest BCUT2D eigenvalue weighted by atomic mass is 9.99. The van der Waals surface area contributed by atoms with Crippen LogP contribution in [0.4, 0.5) is 0 Å². The van der Waals surface area contributed by atoms with Gasteiger partial charge in [0.15, 0.2) is 8.07 Å². The third-order valence-corrected chi connectivity index (χ3v) is 16.0. The Morgan fingerprint density at radius 1 is 0.756 bits per heavy atom. The van der Waals surface area contributed by atoms with Gasteiger partial charge in [-0.1, -0.05) is 139 Å². The van der Waals surface area contributed by atoms with Gasteiger partial charge in [-0.25, -0.2) is 0 Å². The van der Waals surface area contributed by atoms with Gasteiger partial charge < -0.3 is 4.57 Å². The van der Waals surface area contributed by atoms with Crippen LogP contribution in [0.5, 0.6) is 0 Å². The number of allylic oxidation sites excluding steroid dienone is 17. The SMILES string of the molecule is CC1C=C([Si](C2=CC=CCC2)(c2ccc3c(c2)c2c(n3C3=CCCC=C3)CCC=C2)C2C=C(c3ccccc3)C=CC2)C=CC1. The molecule has 0 aliphatic heterocycles. The first-order valence-corrected chi connectivity index (χ1v) is 19.2. The molecule has 0 saturated carbocycles. The molecule has 3 unspecified atom stereocenters. The van der Waals surface area contributed by atoms with Crippen LogP contribution >= 0.6 is 0 Å². The van der Waals surface area contributed by atoms with Crippen molar-refractivity contribution in [2.75, 3.05) is 0 Å². The Bertz CT molecular complexity index is 1910. The maximum atomic E-state index is 2.66. The van der Waals surface area contributed by atoms with E-state index < -0.39 is 8.07 Å². The van der Waals surface area contributed by atoms with Gasteiger partial charge in [0.1, 0.15) is 0 Å². The average molecular weight is 602 g/mol. The molecule has 0 N–H and O–H groups in total. The summed E-state index contributed by atoms with van der Waals surface area (Å²) in [6, 6.07) is 18.7. The number of rotatable bonds is 6. The van der Waals surface area contributed by atoms with Crippen LogP contribution in [-0.2, 0) is 6.42 Å². The van der Waals surface area contributed by atoms with E-state index in [0.717, 1.165) is 51.4 Å². The van der Waals surface area contributed by atoms with Gasteiger partial charge >= 0.3 is 0 Å². The van der Waals surface area contributed by atoms with Crippen LogP contribution in [0.3, 0.4) is 0 Å². The molecule has 5 aliphatic rings. The lowest BCUT2D eigenvalue weighted by Gasteiger charge is -2.44. The predicted octanol–water partition coefficient (Wildman–Crippen LogP) is 10.7. The Hall–Kier alpha value is -4.14. The number of fused-ring (bicyclic) bond motifs is 3. The number of benzene rings is 2. The van der Waals surface area contributed by atoms with E-state index in [1.54, 1.807) is 15.6 Å². The second-order valence-corrected chi connectivity index (χ2v) is 17.6. The third kappa shape index (κ3) is 4.91. The molecule has 0 saturated heterocycles. The van der Waals surface area contributed by atoms with Gasteiger partial charge in [0.2, 0.25) is 0 Å². The van der Waals surface area contributed by atoms with Gasteiger partial charge in [-0.3, -0.25) is 0 Å². The Kier molecular flexibility index (Phi) is 7.55. The summed E-state index contributed by atoms with van der Waals surface area (Å²) in [5.41, 5.74) is 8.74. The second kappa shape index (κ2) is 12.0. The standard InChI is InChI=1S/C43H43NSi/c1-32-15-13-23-37(29-32)45(36-21-9-4-10-22-36,38-24-14-18-34(30-38)33-16-5-2-6-17-33)39-27-28-43-41(31-39)40-25-11-12-26-42(40)44(43)35-19-7-3-8-20-35/h2,4-7,9,11,13-14,16-21,23,25,27-32,38H,3,8,10,12,15,22,24,26H2,1H3. The van der Waals surface area contributed by atoms with E-state index >= 15 is 0 Å². The number of hydrogen-bond acceptors (Lipinski definition) is 0. The molecule has 0 bridgehead atoms. The van der Waals surface area contributed by atoms with Gasteiger partial charge in [-0.05, 0) is 91.3 Å². The van der Waals surface area contributed by atoms with E-state index in [0.29, 0.717) is 11.5 Å². The normalized spacial score (nSPS) is 23.7. The summed E-state index contributed by atoms with van der Waals surface area (Å²) < 4.78 is 2.58. The molecule has 5 aliphatic carbocycles. The fraction of sp³-hybridized carbons (Fsp3) is 0.256. The maximum Gasteiger partial charge on any atom is 0.151 e. The van der Waals surface area contributed by atoms with Crippen molar-refractivity contribution in [2.45, 2.75) is 63.8 Å². The van der Waals surface area contributed by atoms with Crippen LogP contribution in [0.1, 0.15) is 68.7 Å². The molecule has 1 nitrogen and oxygen atoms in total.